The van der Waals surface area contributed by atoms with E-state index in [2.05, 4.69) is 0 Å². The summed E-state index contributed by atoms with van der Waals surface area (Å²) in [5.41, 5.74) is 0.766. The van der Waals surface area contributed by atoms with E-state index in [-0.39, 0.29) is 44.3 Å². The Morgan fingerprint density at radius 1 is 0.919 bits per heavy atom. The summed E-state index contributed by atoms with van der Waals surface area (Å²) in [6.45, 7) is 3.34. The summed E-state index contributed by atoms with van der Waals surface area (Å²) in [6.07, 6.45) is -1.01. The molecule has 1 unspecified atom stereocenters. The van der Waals surface area contributed by atoms with Gasteiger partial charge < -0.3 is 28.4 Å². The number of hydrogen-bond acceptors (Lipinski definition) is 7. The molecular weight excluding hydrogens is 698 g/mol. The third-order valence-corrected chi connectivity index (χ3v) is 6.77. The largest absolute Gasteiger partial charge is 0.539 e. The topological polar surface area (TPSA) is 72.5 Å². The van der Waals surface area contributed by atoms with E-state index in [1.165, 1.54) is 6.92 Å². The molecule has 2 saturated heterocycles. The van der Waals surface area contributed by atoms with Crippen LogP contribution in [0.25, 0.3) is 0 Å². The summed E-state index contributed by atoms with van der Waals surface area (Å²) >= 11 is 0. The van der Waals surface area contributed by atoms with Gasteiger partial charge in [-0.1, -0.05) is 54.6 Å². The maximum Gasteiger partial charge on any atom is 0.303 e. The Kier molecular flexibility index (Phi) is 8.67. The molecule has 3 atom stereocenters. The van der Waals surface area contributed by atoms with E-state index >= 15 is 0 Å². The average Bonchev–Trinajstić information content (AvgIpc) is 3.43. The first-order valence-electron chi connectivity index (χ1n) is 11.8. The minimum Gasteiger partial charge on any atom is -0.539 e. The standard InChI is InChI=1S/C29H29O7.U/c1-20(30)36-27-26-17-34-28(27,18-33-26)19-35-29(21-7-5-4-6-8-21,22-9-13-24(31-2)14-10-22)23-11-15-25(32-3)16-12-23;/h4-17,26-27H,18-19H2,1-3H3;/q-1;/t26-,27?,28-;/m1./s1. The molecule has 5 rings (SSSR count). The molecule has 0 N–H and O–H groups in total. The van der Waals surface area contributed by atoms with Crippen LogP contribution in [0, 0.1) is 37.7 Å². The first-order valence-corrected chi connectivity index (χ1v) is 11.8. The molecule has 2 aliphatic rings. The Hall–Kier alpha value is -2.34. The first-order chi connectivity index (χ1) is 17.5. The fraction of sp³-hybridized carbons (Fsp3) is 0.310. The minimum absolute atomic E-state index is 0. The molecule has 3 aromatic carbocycles. The number of hydrogen-bond donors (Lipinski definition) is 0. The fourth-order valence-electron chi connectivity index (χ4n) is 4.94. The molecule has 3 aromatic rings. The molecular formula is C29H29O7U-. The van der Waals surface area contributed by atoms with Gasteiger partial charge in [-0.25, -0.2) is 0 Å². The molecule has 0 radical (unpaired) electrons. The van der Waals surface area contributed by atoms with Crippen LogP contribution in [0.3, 0.4) is 0 Å². The number of carbonyl (C=O) groups excluding carboxylic acids is 1. The Morgan fingerprint density at radius 3 is 1.92 bits per heavy atom. The predicted molar refractivity (Wildman–Crippen MR) is 132 cm³/mol. The molecule has 2 heterocycles. The smallest absolute Gasteiger partial charge is 0.303 e. The molecule has 0 aromatic heterocycles. The van der Waals surface area contributed by atoms with Crippen molar-refractivity contribution in [2.45, 2.75) is 30.3 Å². The van der Waals surface area contributed by atoms with Crippen molar-refractivity contribution >= 4 is 5.97 Å². The molecule has 0 saturated carbocycles. The summed E-state index contributed by atoms with van der Waals surface area (Å²) < 4.78 is 35.3. The van der Waals surface area contributed by atoms with Crippen LogP contribution >= 0.6 is 0 Å². The van der Waals surface area contributed by atoms with Gasteiger partial charge in [-0.3, -0.25) is 4.79 Å². The fourth-order valence-corrected chi connectivity index (χ4v) is 4.94. The number of benzene rings is 3. The van der Waals surface area contributed by atoms with Gasteiger partial charge in [-0.2, -0.15) is 6.61 Å². The Bertz CT molecular complexity index is 1130. The summed E-state index contributed by atoms with van der Waals surface area (Å²) in [4.78, 5) is 11.8. The zero-order valence-corrected chi connectivity index (χ0v) is 25.2. The third-order valence-electron chi connectivity index (χ3n) is 6.77. The van der Waals surface area contributed by atoms with Gasteiger partial charge in [0, 0.05) is 38.0 Å². The van der Waals surface area contributed by atoms with Gasteiger partial charge in [-0.15, -0.1) is 0 Å². The van der Waals surface area contributed by atoms with Gasteiger partial charge in [0.25, 0.3) is 0 Å². The maximum absolute atomic E-state index is 11.8. The number of fused-ring (bicyclic) bond motifs is 2. The van der Waals surface area contributed by atoms with Crippen molar-refractivity contribution in [1.29, 1.82) is 0 Å². The van der Waals surface area contributed by atoms with Gasteiger partial charge in [0.15, 0.2) is 0 Å². The van der Waals surface area contributed by atoms with Crippen LogP contribution in [0.15, 0.2) is 78.9 Å². The molecule has 0 spiro atoms. The number of carbonyl (C=O) groups is 1. The minimum atomic E-state index is -1.01. The normalized spacial score (nSPS) is 22.2. The molecule has 8 heteroatoms. The van der Waals surface area contributed by atoms with Crippen molar-refractivity contribution in [3.05, 3.63) is 102 Å². The second kappa shape index (κ2) is 11.6. The van der Waals surface area contributed by atoms with Crippen molar-refractivity contribution < 1.29 is 64.3 Å². The van der Waals surface area contributed by atoms with E-state index in [9.17, 15) is 4.79 Å². The Balaban J connectivity index is 0.00000320. The molecule has 192 valence electrons. The zero-order chi connectivity index (χ0) is 25.2. The van der Waals surface area contributed by atoms with E-state index in [4.69, 9.17) is 28.4 Å². The van der Waals surface area contributed by atoms with Crippen LogP contribution in [0.5, 0.6) is 11.5 Å². The summed E-state index contributed by atoms with van der Waals surface area (Å²) in [5.74, 6) is 1.09. The van der Waals surface area contributed by atoms with E-state index in [1.807, 2.05) is 78.9 Å². The quantitative estimate of drug-likeness (QED) is 0.185. The first kappa shape index (κ1) is 27.7. The van der Waals surface area contributed by atoms with E-state index < -0.39 is 29.4 Å². The van der Waals surface area contributed by atoms with Crippen LogP contribution in [-0.2, 0) is 29.3 Å². The molecule has 2 fully saturated rings. The van der Waals surface area contributed by atoms with Crippen LogP contribution in [-0.4, -0.2) is 51.2 Å². The van der Waals surface area contributed by atoms with Crippen molar-refractivity contribution in [3.8, 4) is 11.5 Å². The molecule has 37 heavy (non-hydrogen) atoms. The van der Waals surface area contributed by atoms with Crippen molar-refractivity contribution in [3.63, 3.8) is 0 Å². The van der Waals surface area contributed by atoms with Gasteiger partial charge in [-0.05, 0) is 47.1 Å². The van der Waals surface area contributed by atoms with Gasteiger partial charge >= 0.3 is 5.97 Å². The zero-order valence-electron chi connectivity index (χ0n) is 21.0. The van der Waals surface area contributed by atoms with Crippen molar-refractivity contribution in [1.82, 2.24) is 0 Å². The summed E-state index contributed by atoms with van der Waals surface area (Å²) in [5, 5.41) is 0. The SMILES string of the molecule is COc1ccc(C(OC[C@@]23CO[C@H]([CH-]O2)C3OC(C)=O)(c2ccccc2)c2ccc(OC)cc2)cc1.[U]. The summed E-state index contributed by atoms with van der Waals surface area (Å²) in [6, 6.07) is 25.6. The predicted octanol–water partition coefficient (Wildman–Crippen LogP) is 4.27. The van der Waals surface area contributed by atoms with Crippen molar-refractivity contribution in [2.75, 3.05) is 27.4 Å². The molecule has 7 nitrogen and oxygen atoms in total. The monoisotopic (exact) mass is 727 g/mol. The maximum atomic E-state index is 11.8. The van der Waals surface area contributed by atoms with Gasteiger partial charge in [0.1, 0.15) is 28.8 Å². The van der Waals surface area contributed by atoms with Crippen LogP contribution < -0.4 is 9.47 Å². The van der Waals surface area contributed by atoms with Crippen molar-refractivity contribution in [2.24, 2.45) is 0 Å². The van der Waals surface area contributed by atoms with Crippen LogP contribution in [0.4, 0.5) is 0 Å². The molecule has 2 bridgehead atoms. The Labute approximate surface area is 240 Å². The molecule has 0 amide bonds. The van der Waals surface area contributed by atoms with Gasteiger partial charge in [0.2, 0.25) is 0 Å². The number of rotatable bonds is 9. The van der Waals surface area contributed by atoms with E-state index in [0.717, 1.165) is 28.2 Å². The molecule has 2 aliphatic heterocycles. The second-order valence-corrected chi connectivity index (χ2v) is 8.92. The van der Waals surface area contributed by atoms with Gasteiger partial charge in [0.05, 0.1) is 27.4 Å². The number of methoxy groups -OCH3 is 2. The second-order valence-electron chi connectivity index (χ2n) is 8.92. The molecule has 0 aliphatic carbocycles. The van der Waals surface area contributed by atoms with Crippen LogP contribution in [0.1, 0.15) is 23.6 Å². The summed E-state index contributed by atoms with van der Waals surface area (Å²) in [7, 11) is 3.27. The number of ether oxygens (including phenoxy) is 6. The number of esters is 1. The third kappa shape index (κ3) is 5.19. The Morgan fingerprint density at radius 2 is 1.46 bits per heavy atom. The van der Waals surface area contributed by atoms with E-state index in [1.54, 1.807) is 20.8 Å². The average molecular weight is 728 g/mol. The van der Waals surface area contributed by atoms with E-state index in [0.29, 0.717) is 0 Å². The van der Waals surface area contributed by atoms with Crippen LogP contribution in [0.2, 0.25) is 0 Å².